The van der Waals surface area contributed by atoms with Gasteiger partial charge in [-0.1, -0.05) is 23.7 Å². The van der Waals surface area contributed by atoms with Crippen molar-refractivity contribution in [3.8, 4) is 0 Å². The summed E-state index contributed by atoms with van der Waals surface area (Å²) in [5.41, 5.74) is 5.96. The van der Waals surface area contributed by atoms with E-state index in [1.807, 2.05) is 0 Å². The molecule has 0 spiro atoms. The zero-order valence-corrected chi connectivity index (χ0v) is 11.6. The van der Waals surface area contributed by atoms with Gasteiger partial charge in [0.15, 0.2) is 0 Å². The molecule has 1 heterocycles. The minimum atomic E-state index is -0.471. The summed E-state index contributed by atoms with van der Waals surface area (Å²) in [7, 11) is 0. The second-order valence-electron chi connectivity index (χ2n) is 4.09. The number of nitrogens with zero attached hydrogens (tertiary/aromatic N) is 2. The van der Waals surface area contributed by atoms with Gasteiger partial charge in [0.1, 0.15) is 11.6 Å². The average Bonchev–Trinajstić information content (AvgIpc) is 2.44. The smallest absolute Gasteiger partial charge is 0.260 e. The van der Waals surface area contributed by atoms with Crippen LogP contribution in [0.15, 0.2) is 36.5 Å². The van der Waals surface area contributed by atoms with E-state index < -0.39 is 11.7 Å². The van der Waals surface area contributed by atoms with Crippen LogP contribution in [0.3, 0.4) is 0 Å². The zero-order valence-electron chi connectivity index (χ0n) is 10.8. The van der Waals surface area contributed by atoms with Gasteiger partial charge in [-0.15, -0.1) is 0 Å². The second kappa shape index (κ2) is 5.88. The maximum absolute atomic E-state index is 13.8. The molecule has 0 unspecified atom stereocenters. The molecule has 1 aromatic carbocycles. The van der Waals surface area contributed by atoms with Gasteiger partial charge in [-0.25, -0.2) is 9.37 Å². The Morgan fingerprint density at radius 1 is 1.45 bits per heavy atom. The summed E-state index contributed by atoms with van der Waals surface area (Å²) in [6, 6.07) is 7.45. The maximum Gasteiger partial charge on any atom is 0.260 e. The van der Waals surface area contributed by atoms with Gasteiger partial charge in [-0.05, 0) is 25.1 Å². The lowest BCUT2D eigenvalue weighted by molar-refractivity contribution is 0.0987. The van der Waals surface area contributed by atoms with Crippen LogP contribution in [0.2, 0.25) is 5.02 Å². The molecule has 0 aliphatic heterocycles. The molecule has 0 bridgehead atoms. The van der Waals surface area contributed by atoms with Crippen LogP contribution in [-0.4, -0.2) is 17.4 Å². The fraction of sp³-hybridized carbons (Fsp3) is 0.143. The van der Waals surface area contributed by atoms with Crippen molar-refractivity contribution in [3.05, 3.63) is 52.9 Å². The number of hydrogen-bond acceptors (Lipinski definition) is 3. The van der Waals surface area contributed by atoms with Gasteiger partial charge in [0.2, 0.25) is 0 Å². The molecule has 0 radical (unpaired) electrons. The molecule has 0 saturated heterocycles. The molecular formula is C14H13ClFN3O. The van der Waals surface area contributed by atoms with Crippen molar-refractivity contribution >= 4 is 29.0 Å². The molecule has 104 valence electrons. The highest BCUT2D eigenvalue weighted by atomic mass is 35.5. The molecule has 1 aromatic heterocycles. The predicted molar refractivity (Wildman–Crippen MR) is 77.4 cm³/mol. The number of aromatic nitrogens is 1. The molecule has 0 aliphatic rings. The summed E-state index contributed by atoms with van der Waals surface area (Å²) < 4.78 is 13.8. The molecule has 2 aromatic rings. The Morgan fingerprint density at radius 2 is 2.15 bits per heavy atom. The van der Waals surface area contributed by atoms with Crippen LogP contribution in [0.5, 0.6) is 0 Å². The van der Waals surface area contributed by atoms with Gasteiger partial charge in [-0.3, -0.25) is 4.79 Å². The third kappa shape index (κ3) is 2.72. The first-order valence-corrected chi connectivity index (χ1v) is 6.39. The second-order valence-corrected chi connectivity index (χ2v) is 4.50. The van der Waals surface area contributed by atoms with Crippen LogP contribution in [0.25, 0.3) is 0 Å². The minimum absolute atomic E-state index is 0.180. The van der Waals surface area contributed by atoms with Gasteiger partial charge in [0, 0.05) is 12.7 Å². The lowest BCUT2D eigenvalue weighted by atomic mass is 10.2. The molecular weight excluding hydrogens is 281 g/mol. The highest BCUT2D eigenvalue weighted by Crippen LogP contribution is 2.24. The molecule has 0 fully saturated rings. The molecule has 0 aliphatic carbocycles. The number of pyridine rings is 1. The number of para-hydroxylation sites is 1. The van der Waals surface area contributed by atoms with Crippen LogP contribution in [-0.2, 0) is 0 Å². The van der Waals surface area contributed by atoms with E-state index in [4.69, 9.17) is 17.3 Å². The topological polar surface area (TPSA) is 59.2 Å². The van der Waals surface area contributed by atoms with E-state index in [1.165, 1.54) is 29.3 Å². The highest BCUT2D eigenvalue weighted by Gasteiger charge is 2.21. The van der Waals surface area contributed by atoms with Gasteiger partial charge >= 0.3 is 0 Å². The predicted octanol–water partition coefficient (Wildman–Crippen LogP) is 3.12. The normalized spacial score (nSPS) is 10.3. The van der Waals surface area contributed by atoms with E-state index >= 15 is 0 Å². The average molecular weight is 294 g/mol. The number of anilines is 2. The van der Waals surface area contributed by atoms with Crippen molar-refractivity contribution in [1.29, 1.82) is 0 Å². The minimum Gasteiger partial charge on any atom is -0.384 e. The summed E-state index contributed by atoms with van der Waals surface area (Å²) in [6.07, 6.45) is 1.30. The number of carbonyl (C=O) groups excluding carboxylic acids is 1. The standard InChI is InChI=1S/C14H13ClFN3O/c1-2-19(12-6-4-3-5-11(12)16)14(20)9-7-13(17)18-8-10(9)15/h3-8H,2H2,1H3,(H2,17,18). The maximum atomic E-state index is 13.8. The molecule has 1 amide bonds. The van der Waals surface area contributed by atoms with E-state index in [9.17, 15) is 9.18 Å². The summed E-state index contributed by atoms with van der Waals surface area (Å²) in [5, 5.41) is 0.180. The Hall–Kier alpha value is -2.14. The number of nitrogen functional groups attached to an aromatic ring is 1. The third-order valence-electron chi connectivity index (χ3n) is 2.81. The quantitative estimate of drug-likeness (QED) is 0.946. The number of hydrogen-bond donors (Lipinski definition) is 1. The van der Waals surface area contributed by atoms with Crippen molar-refractivity contribution in [2.45, 2.75) is 6.92 Å². The number of amides is 1. The van der Waals surface area contributed by atoms with Crippen molar-refractivity contribution in [1.82, 2.24) is 4.98 Å². The zero-order chi connectivity index (χ0) is 14.7. The molecule has 0 atom stereocenters. The lowest BCUT2D eigenvalue weighted by Gasteiger charge is -2.22. The molecule has 4 nitrogen and oxygen atoms in total. The van der Waals surface area contributed by atoms with Gasteiger partial charge in [0.25, 0.3) is 5.91 Å². The highest BCUT2D eigenvalue weighted by molar-refractivity contribution is 6.34. The van der Waals surface area contributed by atoms with Crippen LogP contribution in [0, 0.1) is 5.82 Å². The first-order chi connectivity index (χ1) is 9.54. The van der Waals surface area contributed by atoms with Crippen molar-refractivity contribution in [2.75, 3.05) is 17.2 Å². The van der Waals surface area contributed by atoms with Crippen LogP contribution in [0.4, 0.5) is 15.9 Å². The van der Waals surface area contributed by atoms with Crippen LogP contribution >= 0.6 is 11.6 Å². The molecule has 0 saturated carbocycles. The lowest BCUT2D eigenvalue weighted by Crippen LogP contribution is -2.31. The fourth-order valence-electron chi connectivity index (χ4n) is 1.86. The largest absolute Gasteiger partial charge is 0.384 e. The SMILES string of the molecule is CCN(C(=O)c1cc(N)ncc1Cl)c1ccccc1F. The Balaban J connectivity index is 2.45. The number of nitrogens with two attached hydrogens (primary N) is 1. The molecule has 6 heteroatoms. The summed E-state index contributed by atoms with van der Waals surface area (Å²) >= 11 is 5.96. The van der Waals surface area contributed by atoms with Gasteiger partial charge < -0.3 is 10.6 Å². The Kier molecular flexibility index (Phi) is 4.20. The monoisotopic (exact) mass is 293 g/mol. The van der Waals surface area contributed by atoms with Crippen molar-refractivity contribution in [3.63, 3.8) is 0 Å². The van der Waals surface area contributed by atoms with E-state index in [0.717, 1.165) is 0 Å². The van der Waals surface area contributed by atoms with Gasteiger partial charge in [-0.2, -0.15) is 0 Å². The van der Waals surface area contributed by atoms with E-state index in [2.05, 4.69) is 4.98 Å². The fourth-order valence-corrected chi connectivity index (χ4v) is 2.04. The third-order valence-corrected chi connectivity index (χ3v) is 3.11. The van der Waals surface area contributed by atoms with Crippen molar-refractivity contribution in [2.24, 2.45) is 0 Å². The summed E-state index contributed by atoms with van der Waals surface area (Å²) in [5.74, 6) is -0.708. The Bertz CT molecular complexity index is 648. The van der Waals surface area contributed by atoms with E-state index in [-0.39, 0.29) is 22.1 Å². The molecule has 20 heavy (non-hydrogen) atoms. The van der Waals surface area contributed by atoms with E-state index in [1.54, 1.807) is 19.1 Å². The van der Waals surface area contributed by atoms with Crippen molar-refractivity contribution < 1.29 is 9.18 Å². The summed E-state index contributed by atoms with van der Waals surface area (Å²) in [4.78, 5) is 17.6. The number of benzene rings is 1. The van der Waals surface area contributed by atoms with Crippen LogP contribution in [0.1, 0.15) is 17.3 Å². The molecule has 2 N–H and O–H groups in total. The number of carbonyl (C=O) groups is 1. The number of halogens is 2. The number of rotatable bonds is 3. The van der Waals surface area contributed by atoms with Gasteiger partial charge in [0.05, 0.1) is 16.3 Å². The Morgan fingerprint density at radius 3 is 2.80 bits per heavy atom. The summed E-state index contributed by atoms with van der Waals surface area (Å²) in [6.45, 7) is 2.06. The Labute approximate surface area is 121 Å². The van der Waals surface area contributed by atoms with E-state index in [0.29, 0.717) is 6.54 Å². The first kappa shape index (κ1) is 14.3. The first-order valence-electron chi connectivity index (χ1n) is 6.02. The molecule has 2 rings (SSSR count). The van der Waals surface area contributed by atoms with Crippen LogP contribution < -0.4 is 10.6 Å².